The lowest BCUT2D eigenvalue weighted by molar-refractivity contribution is 0.502. The molecule has 1 aliphatic rings. The summed E-state index contributed by atoms with van der Waals surface area (Å²) in [5.41, 5.74) is 1.25. The van der Waals surface area contributed by atoms with Gasteiger partial charge in [0.05, 0.1) is 12.5 Å². The van der Waals surface area contributed by atoms with Crippen molar-refractivity contribution in [1.82, 2.24) is 5.32 Å². The molecule has 1 aromatic rings. The van der Waals surface area contributed by atoms with Crippen molar-refractivity contribution in [3.05, 3.63) is 24.2 Å². The highest BCUT2D eigenvalue weighted by molar-refractivity contribution is 7.99. The van der Waals surface area contributed by atoms with E-state index in [-0.39, 0.29) is 0 Å². The van der Waals surface area contributed by atoms with Crippen molar-refractivity contribution in [2.45, 2.75) is 25.4 Å². The Morgan fingerprint density at radius 2 is 2.62 bits per heavy atom. The Morgan fingerprint density at radius 1 is 1.62 bits per heavy atom. The van der Waals surface area contributed by atoms with Gasteiger partial charge in [0.15, 0.2) is 0 Å². The van der Waals surface area contributed by atoms with Gasteiger partial charge in [-0.2, -0.15) is 11.8 Å². The molecule has 2 heterocycles. The quantitative estimate of drug-likeness (QED) is 0.804. The SMILES string of the molecule is c1cc(CNC2CCCSC2)co1. The zero-order valence-corrected chi connectivity index (χ0v) is 8.48. The summed E-state index contributed by atoms with van der Waals surface area (Å²) in [4.78, 5) is 0. The largest absolute Gasteiger partial charge is 0.472 e. The third-order valence-corrected chi connectivity index (χ3v) is 3.55. The van der Waals surface area contributed by atoms with Crippen LogP contribution in [-0.2, 0) is 6.54 Å². The average Bonchev–Trinajstić information content (AvgIpc) is 2.69. The van der Waals surface area contributed by atoms with Gasteiger partial charge in [0.2, 0.25) is 0 Å². The van der Waals surface area contributed by atoms with Crippen molar-refractivity contribution in [2.75, 3.05) is 11.5 Å². The van der Waals surface area contributed by atoms with Crippen molar-refractivity contribution in [1.29, 1.82) is 0 Å². The molecule has 13 heavy (non-hydrogen) atoms. The third-order valence-electron chi connectivity index (χ3n) is 2.34. The Kier molecular flexibility index (Phi) is 3.33. The molecule has 1 atom stereocenters. The van der Waals surface area contributed by atoms with Gasteiger partial charge in [-0.05, 0) is 24.7 Å². The minimum absolute atomic E-state index is 0.702. The topological polar surface area (TPSA) is 25.2 Å². The molecule has 2 nitrogen and oxygen atoms in total. The molecule has 0 saturated carbocycles. The molecule has 0 spiro atoms. The van der Waals surface area contributed by atoms with Crippen LogP contribution in [0.3, 0.4) is 0 Å². The van der Waals surface area contributed by atoms with E-state index in [4.69, 9.17) is 4.42 Å². The molecule has 0 bridgehead atoms. The standard InChI is InChI=1S/C10H15NOS/c1-2-10(8-13-5-1)11-6-9-3-4-12-7-9/h3-4,7,10-11H,1-2,5-6,8H2. The maximum atomic E-state index is 5.01. The Morgan fingerprint density at radius 3 is 3.31 bits per heavy atom. The fraction of sp³-hybridized carbons (Fsp3) is 0.600. The van der Waals surface area contributed by atoms with Crippen LogP contribution in [0.25, 0.3) is 0 Å². The Balaban J connectivity index is 1.72. The Bertz CT molecular complexity index is 229. The van der Waals surface area contributed by atoms with Gasteiger partial charge >= 0.3 is 0 Å². The molecule has 0 radical (unpaired) electrons. The number of nitrogens with one attached hydrogen (secondary N) is 1. The summed E-state index contributed by atoms with van der Waals surface area (Å²) < 4.78 is 5.01. The summed E-state index contributed by atoms with van der Waals surface area (Å²) in [6.07, 6.45) is 6.22. The van der Waals surface area contributed by atoms with Crippen LogP contribution < -0.4 is 5.32 Å². The summed E-state index contributed by atoms with van der Waals surface area (Å²) >= 11 is 2.05. The van der Waals surface area contributed by atoms with E-state index in [0.29, 0.717) is 6.04 Å². The number of thioether (sulfide) groups is 1. The van der Waals surface area contributed by atoms with Gasteiger partial charge in [-0.15, -0.1) is 0 Å². The molecule has 0 amide bonds. The van der Waals surface area contributed by atoms with Gasteiger partial charge < -0.3 is 9.73 Å². The predicted molar refractivity (Wildman–Crippen MR) is 55.9 cm³/mol. The smallest absolute Gasteiger partial charge is 0.0947 e. The first-order valence-corrected chi connectivity index (χ1v) is 5.93. The van der Waals surface area contributed by atoms with Crippen LogP contribution >= 0.6 is 11.8 Å². The van der Waals surface area contributed by atoms with E-state index < -0.39 is 0 Å². The molecule has 1 unspecified atom stereocenters. The first-order chi connectivity index (χ1) is 6.45. The Labute approximate surface area is 83.1 Å². The second-order valence-corrected chi connectivity index (χ2v) is 4.58. The summed E-state index contributed by atoms with van der Waals surface area (Å²) in [6.45, 7) is 0.946. The highest BCUT2D eigenvalue weighted by Gasteiger charge is 2.12. The highest BCUT2D eigenvalue weighted by Crippen LogP contribution is 2.17. The van der Waals surface area contributed by atoms with Gasteiger partial charge in [0, 0.05) is 23.9 Å². The van der Waals surface area contributed by atoms with Crippen molar-refractivity contribution >= 4 is 11.8 Å². The molecule has 0 aliphatic carbocycles. The van der Waals surface area contributed by atoms with E-state index in [9.17, 15) is 0 Å². The third kappa shape index (κ3) is 2.78. The summed E-state index contributed by atoms with van der Waals surface area (Å²) in [6, 6.07) is 2.72. The van der Waals surface area contributed by atoms with Crippen molar-refractivity contribution in [2.24, 2.45) is 0 Å². The molecule has 2 rings (SSSR count). The fourth-order valence-corrected chi connectivity index (χ4v) is 2.66. The predicted octanol–water partition coefficient (Wildman–Crippen LogP) is 2.26. The van der Waals surface area contributed by atoms with Gasteiger partial charge in [-0.3, -0.25) is 0 Å². The van der Waals surface area contributed by atoms with Crippen LogP contribution in [-0.4, -0.2) is 17.5 Å². The highest BCUT2D eigenvalue weighted by atomic mass is 32.2. The maximum Gasteiger partial charge on any atom is 0.0947 e. The first kappa shape index (κ1) is 9.16. The second-order valence-electron chi connectivity index (χ2n) is 3.43. The lowest BCUT2D eigenvalue weighted by Gasteiger charge is -2.22. The van der Waals surface area contributed by atoms with E-state index >= 15 is 0 Å². The second kappa shape index (κ2) is 4.72. The van der Waals surface area contributed by atoms with Crippen LogP contribution in [0.15, 0.2) is 23.0 Å². The Hall–Kier alpha value is -0.410. The lowest BCUT2D eigenvalue weighted by atomic mass is 10.2. The zero-order chi connectivity index (χ0) is 8.93. The van der Waals surface area contributed by atoms with Crippen molar-refractivity contribution < 1.29 is 4.42 Å². The number of hydrogen-bond donors (Lipinski definition) is 1. The monoisotopic (exact) mass is 197 g/mol. The van der Waals surface area contributed by atoms with E-state index in [2.05, 4.69) is 17.1 Å². The first-order valence-electron chi connectivity index (χ1n) is 4.77. The van der Waals surface area contributed by atoms with Crippen LogP contribution in [0, 0.1) is 0 Å². The number of furan rings is 1. The van der Waals surface area contributed by atoms with E-state index in [1.807, 2.05) is 12.3 Å². The maximum absolute atomic E-state index is 5.01. The van der Waals surface area contributed by atoms with Crippen molar-refractivity contribution in [3.8, 4) is 0 Å². The molecule has 72 valence electrons. The van der Waals surface area contributed by atoms with Gasteiger partial charge in [0.25, 0.3) is 0 Å². The van der Waals surface area contributed by atoms with Crippen LogP contribution in [0.4, 0.5) is 0 Å². The summed E-state index contributed by atoms with van der Waals surface area (Å²) in [5, 5.41) is 3.54. The molecule has 1 N–H and O–H groups in total. The zero-order valence-electron chi connectivity index (χ0n) is 7.66. The van der Waals surface area contributed by atoms with Gasteiger partial charge in [0.1, 0.15) is 0 Å². The summed E-state index contributed by atoms with van der Waals surface area (Å²) in [7, 11) is 0. The number of rotatable bonds is 3. The van der Waals surface area contributed by atoms with Crippen LogP contribution in [0.2, 0.25) is 0 Å². The van der Waals surface area contributed by atoms with Gasteiger partial charge in [-0.1, -0.05) is 0 Å². The molecule has 0 aromatic carbocycles. The number of hydrogen-bond acceptors (Lipinski definition) is 3. The molecule has 1 aromatic heterocycles. The fourth-order valence-electron chi connectivity index (χ4n) is 1.56. The molecular weight excluding hydrogens is 182 g/mol. The van der Waals surface area contributed by atoms with E-state index in [1.54, 1.807) is 6.26 Å². The normalized spacial score (nSPS) is 23.2. The molecular formula is C10H15NOS. The van der Waals surface area contributed by atoms with Crippen molar-refractivity contribution in [3.63, 3.8) is 0 Å². The van der Waals surface area contributed by atoms with E-state index in [1.165, 1.54) is 29.9 Å². The van der Waals surface area contributed by atoms with Crippen LogP contribution in [0.5, 0.6) is 0 Å². The molecule has 1 fully saturated rings. The molecule has 1 aliphatic heterocycles. The lowest BCUT2D eigenvalue weighted by Crippen LogP contribution is -2.33. The average molecular weight is 197 g/mol. The van der Waals surface area contributed by atoms with Gasteiger partial charge in [-0.25, -0.2) is 0 Å². The van der Waals surface area contributed by atoms with E-state index in [0.717, 1.165) is 6.54 Å². The van der Waals surface area contributed by atoms with Crippen LogP contribution in [0.1, 0.15) is 18.4 Å². The minimum Gasteiger partial charge on any atom is -0.472 e. The molecule has 1 saturated heterocycles. The molecule has 3 heteroatoms. The summed E-state index contributed by atoms with van der Waals surface area (Å²) in [5.74, 6) is 2.60. The minimum atomic E-state index is 0.702.